The molecule has 0 spiro atoms. The second-order valence-electron chi connectivity index (χ2n) is 3.68. The van der Waals surface area contributed by atoms with Gasteiger partial charge in [0.15, 0.2) is 0 Å². The highest BCUT2D eigenvalue weighted by Crippen LogP contribution is 2.27. The summed E-state index contributed by atoms with van der Waals surface area (Å²) >= 11 is 5.79. The van der Waals surface area contributed by atoms with Gasteiger partial charge in [-0.15, -0.1) is 0 Å². The molecule has 0 aromatic heterocycles. The Labute approximate surface area is 93.3 Å². The fourth-order valence-electron chi connectivity index (χ4n) is 1.32. The Morgan fingerprint density at radius 3 is 2.73 bits per heavy atom. The zero-order valence-electron chi connectivity index (χ0n) is 8.40. The third kappa shape index (κ3) is 3.53. The molecule has 4 heteroatoms. The highest BCUT2D eigenvalue weighted by molar-refractivity contribution is 6.30. The van der Waals surface area contributed by atoms with Crippen LogP contribution in [-0.2, 0) is 10.4 Å². The second kappa shape index (κ2) is 4.64. The van der Waals surface area contributed by atoms with Gasteiger partial charge in [-0.1, -0.05) is 23.7 Å². The molecular formula is C11H13ClO3. The van der Waals surface area contributed by atoms with E-state index < -0.39 is 11.6 Å². The smallest absolute Gasteiger partial charge is 0.303 e. The minimum atomic E-state index is -1.15. The van der Waals surface area contributed by atoms with Gasteiger partial charge >= 0.3 is 5.97 Å². The Kier molecular flexibility index (Phi) is 3.72. The van der Waals surface area contributed by atoms with E-state index in [0.717, 1.165) is 0 Å². The van der Waals surface area contributed by atoms with Crippen LogP contribution in [0.15, 0.2) is 24.3 Å². The van der Waals surface area contributed by atoms with Gasteiger partial charge in [0.1, 0.15) is 0 Å². The Bertz CT molecular complexity index is 361. The van der Waals surface area contributed by atoms with Crippen molar-refractivity contribution in [1.29, 1.82) is 0 Å². The molecule has 0 bridgehead atoms. The maximum Gasteiger partial charge on any atom is 0.303 e. The molecule has 82 valence electrons. The van der Waals surface area contributed by atoms with Gasteiger partial charge < -0.3 is 10.2 Å². The molecule has 0 saturated carbocycles. The van der Waals surface area contributed by atoms with Gasteiger partial charge in [-0.3, -0.25) is 4.79 Å². The van der Waals surface area contributed by atoms with E-state index in [0.29, 0.717) is 10.6 Å². The van der Waals surface area contributed by atoms with Gasteiger partial charge in [0.05, 0.1) is 5.60 Å². The Hall–Kier alpha value is -1.06. The van der Waals surface area contributed by atoms with Crippen LogP contribution in [0.4, 0.5) is 0 Å². The van der Waals surface area contributed by atoms with Crippen molar-refractivity contribution < 1.29 is 15.0 Å². The number of rotatable bonds is 4. The normalized spacial score (nSPS) is 14.6. The molecule has 1 rings (SSSR count). The topological polar surface area (TPSA) is 57.5 Å². The predicted octanol–water partition coefficient (Wildman–Crippen LogP) is 2.41. The first kappa shape index (κ1) is 12.0. The van der Waals surface area contributed by atoms with Crippen LogP contribution in [-0.4, -0.2) is 16.2 Å². The number of hydrogen-bond acceptors (Lipinski definition) is 2. The number of carbonyl (C=O) groups is 1. The first-order valence-electron chi connectivity index (χ1n) is 4.62. The number of carboxylic acids is 1. The molecule has 1 atom stereocenters. The number of halogens is 1. The maximum atomic E-state index is 10.4. The fourth-order valence-corrected chi connectivity index (χ4v) is 1.51. The molecule has 0 aliphatic carbocycles. The number of aliphatic carboxylic acids is 1. The van der Waals surface area contributed by atoms with Crippen LogP contribution in [0, 0.1) is 0 Å². The van der Waals surface area contributed by atoms with Crippen LogP contribution in [0.3, 0.4) is 0 Å². The first-order valence-corrected chi connectivity index (χ1v) is 5.00. The van der Waals surface area contributed by atoms with Crippen LogP contribution in [0.5, 0.6) is 0 Å². The van der Waals surface area contributed by atoms with E-state index in [9.17, 15) is 9.90 Å². The van der Waals surface area contributed by atoms with Crippen molar-refractivity contribution in [3.63, 3.8) is 0 Å². The highest BCUT2D eigenvalue weighted by Gasteiger charge is 2.23. The molecule has 0 heterocycles. The van der Waals surface area contributed by atoms with Crippen LogP contribution in [0.2, 0.25) is 5.02 Å². The van der Waals surface area contributed by atoms with Crippen LogP contribution < -0.4 is 0 Å². The molecule has 0 radical (unpaired) electrons. The molecule has 0 amide bonds. The SMILES string of the molecule is CC(O)(CCC(=O)O)c1cccc(Cl)c1. The van der Waals surface area contributed by atoms with Crippen molar-refractivity contribution in [2.75, 3.05) is 0 Å². The fraction of sp³-hybridized carbons (Fsp3) is 0.364. The van der Waals surface area contributed by atoms with Gasteiger partial charge in [-0.25, -0.2) is 0 Å². The minimum absolute atomic E-state index is 0.0699. The van der Waals surface area contributed by atoms with Crippen molar-refractivity contribution in [3.05, 3.63) is 34.9 Å². The lowest BCUT2D eigenvalue weighted by molar-refractivity contribution is -0.138. The zero-order valence-corrected chi connectivity index (χ0v) is 9.16. The number of benzene rings is 1. The van der Waals surface area contributed by atoms with Gasteiger partial charge in [-0.05, 0) is 31.0 Å². The van der Waals surface area contributed by atoms with Crippen LogP contribution in [0.1, 0.15) is 25.3 Å². The average molecular weight is 229 g/mol. The summed E-state index contributed by atoms with van der Waals surface area (Å²) in [6, 6.07) is 6.81. The van der Waals surface area contributed by atoms with E-state index in [-0.39, 0.29) is 12.8 Å². The summed E-state index contributed by atoms with van der Waals surface area (Å²) in [5.41, 5.74) is -0.514. The number of hydrogen-bond donors (Lipinski definition) is 2. The number of carboxylic acid groups (broad SMARTS) is 1. The molecular weight excluding hydrogens is 216 g/mol. The summed E-state index contributed by atoms with van der Waals surface area (Å²) in [5, 5.41) is 19.1. The van der Waals surface area contributed by atoms with E-state index in [2.05, 4.69) is 0 Å². The van der Waals surface area contributed by atoms with Crippen molar-refractivity contribution >= 4 is 17.6 Å². The van der Waals surface area contributed by atoms with Crippen molar-refractivity contribution in [1.82, 2.24) is 0 Å². The Morgan fingerprint density at radius 2 is 2.20 bits per heavy atom. The highest BCUT2D eigenvalue weighted by atomic mass is 35.5. The van der Waals surface area contributed by atoms with Crippen LogP contribution >= 0.6 is 11.6 Å². The van der Waals surface area contributed by atoms with E-state index in [1.54, 1.807) is 31.2 Å². The molecule has 15 heavy (non-hydrogen) atoms. The summed E-state index contributed by atoms with van der Waals surface area (Å²) in [4.78, 5) is 10.4. The molecule has 0 fully saturated rings. The molecule has 0 aliphatic heterocycles. The monoisotopic (exact) mass is 228 g/mol. The summed E-state index contributed by atoms with van der Waals surface area (Å²) in [5.74, 6) is -0.919. The molecule has 1 aromatic rings. The third-order valence-corrected chi connectivity index (χ3v) is 2.51. The molecule has 0 aliphatic rings. The summed E-state index contributed by atoms with van der Waals surface area (Å²) < 4.78 is 0. The van der Waals surface area contributed by atoms with E-state index >= 15 is 0 Å². The lowest BCUT2D eigenvalue weighted by Gasteiger charge is -2.23. The summed E-state index contributed by atoms with van der Waals surface area (Å²) in [6.07, 6.45) is 0.0994. The quantitative estimate of drug-likeness (QED) is 0.832. The molecule has 0 saturated heterocycles. The minimum Gasteiger partial charge on any atom is -0.481 e. The molecule has 1 unspecified atom stereocenters. The van der Waals surface area contributed by atoms with Crippen molar-refractivity contribution in [2.45, 2.75) is 25.4 Å². The maximum absolute atomic E-state index is 10.4. The molecule has 2 N–H and O–H groups in total. The zero-order chi connectivity index (χ0) is 11.5. The lowest BCUT2D eigenvalue weighted by Crippen LogP contribution is -2.22. The Balaban J connectivity index is 2.80. The molecule has 1 aromatic carbocycles. The van der Waals surface area contributed by atoms with Gasteiger partial charge in [0, 0.05) is 11.4 Å². The van der Waals surface area contributed by atoms with Crippen molar-refractivity contribution in [3.8, 4) is 0 Å². The standard InChI is InChI=1S/C11H13ClO3/c1-11(15,6-5-10(13)14)8-3-2-4-9(12)7-8/h2-4,7,15H,5-6H2,1H3,(H,13,14). The third-order valence-electron chi connectivity index (χ3n) is 2.27. The lowest BCUT2D eigenvalue weighted by atomic mass is 9.91. The average Bonchev–Trinajstić information content (AvgIpc) is 2.15. The Morgan fingerprint density at radius 1 is 1.53 bits per heavy atom. The first-order chi connectivity index (χ1) is 6.92. The predicted molar refractivity (Wildman–Crippen MR) is 57.9 cm³/mol. The largest absolute Gasteiger partial charge is 0.481 e. The van der Waals surface area contributed by atoms with Crippen molar-refractivity contribution in [2.24, 2.45) is 0 Å². The molecule has 3 nitrogen and oxygen atoms in total. The van der Waals surface area contributed by atoms with E-state index in [1.165, 1.54) is 0 Å². The summed E-state index contributed by atoms with van der Waals surface area (Å²) in [6.45, 7) is 1.58. The summed E-state index contributed by atoms with van der Waals surface area (Å²) in [7, 11) is 0. The number of aliphatic hydroxyl groups is 1. The van der Waals surface area contributed by atoms with E-state index in [1.807, 2.05) is 0 Å². The van der Waals surface area contributed by atoms with Gasteiger partial charge in [-0.2, -0.15) is 0 Å². The second-order valence-corrected chi connectivity index (χ2v) is 4.11. The van der Waals surface area contributed by atoms with E-state index in [4.69, 9.17) is 16.7 Å². The van der Waals surface area contributed by atoms with Gasteiger partial charge in [0.2, 0.25) is 0 Å². The van der Waals surface area contributed by atoms with Crippen LogP contribution in [0.25, 0.3) is 0 Å². The van der Waals surface area contributed by atoms with Gasteiger partial charge in [0.25, 0.3) is 0 Å².